The first-order chi connectivity index (χ1) is 10.1. The number of carboxylic acids is 1. The van der Waals surface area contributed by atoms with Crippen LogP contribution in [-0.2, 0) is 4.79 Å². The van der Waals surface area contributed by atoms with Gasteiger partial charge in [0.2, 0.25) is 0 Å². The van der Waals surface area contributed by atoms with Crippen LogP contribution in [0.3, 0.4) is 0 Å². The second kappa shape index (κ2) is 9.55. The van der Waals surface area contributed by atoms with Gasteiger partial charge in [-0.3, -0.25) is 0 Å². The molecule has 0 unspecified atom stereocenters. The predicted octanol–water partition coefficient (Wildman–Crippen LogP) is 1.91. The molecule has 21 heavy (non-hydrogen) atoms. The Kier molecular flexibility index (Phi) is 7.60. The van der Waals surface area contributed by atoms with Gasteiger partial charge in [-0.2, -0.15) is 0 Å². The Morgan fingerprint density at radius 2 is 1.90 bits per heavy atom. The summed E-state index contributed by atoms with van der Waals surface area (Å²) in [5, 5.41) is 17.2. The number of anilines is 1. The van der Waals surface area contributed by atoms with Gasteiger partial charge in [-0.1, -0.05) is 19.1 Å². The molecule has 6 nitrogen and oxygen atoms in total. The largest absolute Gasteiger partial charge is 0.478 e. The van der Waals surface area contributed by atoms with Crippen LogP contribution in [0.1, 0.15) is 18.9 Å². The maximum absolute atomic E-state index is 11.6. The molecule has 6 heteroatoms. The maximum Gasteiger partial charge on any atom is 0.328 e. The van der Waals surface area contributed by atoms with Crippen LogP contribution in [0.15, 0.2) is 30.3 Å². The second-order valence-electron chi connectivity index (χ2n) is 4.38. The third-order valence-electron chi connectivity index (χ3n) is 2.65. The first kappa shape index (κ1) is 16.7. The molecule has 0 saturated carbocycles. The summed E-state index contributed by atoms with van der Waals surface area (Å²) in [7, 11) is 0. The SMILES string of the molecule is CCNCCCNC(=O)Nc1ccc(C=CC(=O)O)cc1. The molecular formula is C15H21N3O3. The topological polar surface area (TPSA) is 90.5 Å². The van der Waals surface area contributed by atoms with Crippen molar-refractivity contribution in [3.05, 3.63) is 35.9 Å². The molecule has 0 fully saturated rings. The molecule has 0 aliphatic rings. The highest BCUT2D eigenvalue weighted by Gasteiger charge is 2.00. The monoisotopic (exact) mass is 291 g/mol. The number of nitrogens with one attached hydrogen (secondary N) is 3. The average Bonchev–Trinajstić information content (AvgIpc) is 2.46. The van der Waals surface area contributed by atoms with E-state index >= 15 is 0 Å². The van der Waals surface area contributed by atoms with Crippen LogP contribution < -0.4 is 16.0 Å². The first-order valence-corrected chi connectivity index (χ1v) is 6.88. The zero-order chi connectivity index (χ0) is 15.5. The highest BCUT2D eigenvalue weighted by Crippen LogP contribution is 2.10. The van der Waals surface area contributed by atoms with Gasteiger partial charge in [-0.25, -0.2) is 9.59 Å². The van der Waals surface area contributed by atoms with Gasteiger partial charge < -0.3 is 21.1 Å². The van der Waals surface area contributed by atoms with Crippen LogP contribution in [0.25, 0.3) is 6.08 Å². The van der Waals surface area contributed by atoms with Crippen LogP contribution in [-0.4, -0.2) is 36.7 Å². The number of hydrogen-bond acceptors (Lipinski definition) is 3. The minimum Gasteiger partial charge on any atom is -0.478 e. The predicted molar refractivity (Wildman–Crippen MR) is 83.3 cm³/mol. The molecule has 0 spiro atoms. The van der Waals surface area contributed by atoms with E-state index in [0.29, 0.717) is 12.2 Å². The Labute approximate surface area is 124 Å². The smallest absolute Gasteiger partial charge is 0.328 e. The van der Waals surface area contributed by atoms with E-state index in [1.54, 1.807) is 24.3 Å². The van der Waals surface area contributed by atoms with Crippen molar-refractivity contribution in [1.82, 2.24) is 10.6 Å². The van der Waals surface area contributed by atoms with E-state index in [1.807, 2.05) is 6.92 Å². The van der Waals surface area contributed by atoms with E-state index in [2.05, 4.69) is 16.0 Å². The minimum absolute atomic E-state index is 0.250. The summed E-state index contributed by atoms with van der Waals surface area (Å²) in [4.78, 5) is 22.0. The fourth-order valence-electron chi connectivity index (χ4n) is 1.61. The van der Waals surface area contributed by atoms with Crippen molar-refractivity contribution in [3.63, 3.8) is 0 Å². The van der Waals surface area contributed by atoms with Crippen molar-refractivity contribution in [2.45, 2.75) is 13.3 Å². The number of aliphatic carboxylic acids is 1. The Bertz CT molecular complexity index is 483. The molecule has 1 aromatic rings. The van der Waals surface area contributed by atoms with Gasteiger partial charge in [-0.15, -0.1) is 0 Å². The van der Waals surface area contributed by atoms with Gasteiger partial charge in [0.15, 0.2) is 0 Å². The molecule has 1 aromatic carbocycles. The normalized spacial score (nSPS) is 10.5. The first-order valence-electron chi connectivity index (χ1n) is 6.88. The summed E-state index contributed by atoms with van der Waals surface area (Å²) >= 11 is 0. The minimum atomic E-state index is -0.992. The highest BCUT2D eigenvalue weighted by molar-refractivity contribution is 5.89. The molecule has 2 amide bonds. The third kappa shape index (κ3) is 7.74. The summed E-state index contributed by atoms with van der Waals surface area (Å²) in [5.74, 6) is -0.992. The molecule has 0 aliphatic heterocycles. The zero-order valence-electron chi connectivity index (χ0n) is 12.1. The van der Waals surface area contributed by atoms with Crippen LogP contribution in [0.5, 0.6) is 0 Å². The van der Waals surface area contributed by atoms with E-state index in [4.69, 9.17) is 5.11 Å². The standard InChI is InChI=1S/C15H21N3O3/c1-2-16-10-3-11-17-15(21)18-13-7-4-12(5-8-13)6-9-14(19)20/h4-9,16H,2-3,10-11H2,1H3,(H,19,20)(H2,17,18,21). The van der Waals surface area contributed by atoms with E-state index in [-0.39, 0.29) is 6.03 Å². The number of urea groups is 1. The highest BCUT2D eigenvalue weighted by atomic mass is 16.4. The summed E-state index contributed by atoms with van der Waals surface area (Å²) in [6.07, 6.45) is 3.44. The van der Waals surface area contributed by atoms with Crippen LogP contribution in [0.2, 0.25) is 0 Å². The lowest BCUT2D eigenvalue weighted by atomic mass is 10.2. The molecule has 114 valence electrons. The summed E-state index contributed by atoms with van der Waals surface area (Å²) in [6.45, 7) is 4.45. The number of amides is 2. The van der Waals surface area contributed by atoms with Gasteiger partial charge >= 0.3 is 12.0 Å². The van der Waals surface area contributed by atoms with Gasteiger partial charge in [-0.05, 0) is 43.3 Å². The van der Waals surface area contributed by atoms with Crippen LogP contribution >= 0.6 is 0 Å². The lowest BCUT2D eigenvalue weighted by Gasteiger charge is -2.08. The molecule has 0 heterocycles. The summed E-state index contributed by atoms with van der Waals surface area (Å²) in [6, 6.07) is 6.67. The molecule has 0 bridgehead atoms. The molecular weight excluding hydrogens is 270 g/mol. The van der Waals surface area contributed by atoms with E-state index in [9.17, 15) is 9.59 Å². The van der Waals surface area contributed by atoms with Gasteiger partial charge in [0.1, 0.15) is 0 Å². The van der Waals surface area contributed by atoms with Gasteiger partial charge in [0.25, 0.3) is 0 Å². The number of hydrogen-bond donors (Lipinski definition) is 4. The second-order valence-corrected chi connectivity index (χ2v) is 4.38. The quantitative estimate of drug-likeness (QED) is 0.435. The number of carbonyl (C=O) groups excluding carboxylic acids is 1. The van der Waals surface area contributed by atoms with E-state index in [0.717, 1.165) is 31.1 Å². The molecule has 0 aliphatic carbocycles. The number of carboxylic acid groups (broad SMARTS) is 1. The lowest BCUT2D eigenvalue weighted by molar-refractivity contribution is -0.131. The number of carbonyl (C=O) groups is 2. The summed E-state index contributed by atoms with van der Waals surface area (Å²) < 4.78 is 0. The fourth-order valence-corrected chi connectivity index (χ4v) is 1.61. The molecule has 0 atom stereocenters. The Balaban J connectivity index is 2.34. The van der Waals surface area contributed by atoms with Crippen molar-refractivity contribution in [1.29, 1.82) is 0 Å². The Hall–Kier alpha value is -2.34. The molecule has 0 saturated heterocycles. The van der Waals surface area contributed by atoms with Crippen molar-refractivity contribution < 1.29 is 14.7 Å². The maximum atomic E-state index is 11.6. The molecule has 0 radical (unpaired) electrons. The lowest BCUT2D eigenvalue weighted by Crippen LogP contribution is -2.31. The molecule has 4 N–H and O–H groups in total. The molecule has 1 rings (SSSR count). The van der Waals surface area contributed by atoms with Gasteiger partial charge in [0.05, 0.1) is 0 Å². The number of benzene rings is 1. The number of rotatable bonds is 8. The Morgan fingerprint density at radius 3 is 2.52 bits per heavy atom. The molecule has 0 aromatic heterocycles. The fraction of sp³-hybridized carbons (Fsp3) is 0.333. The van der Waals surface area contributed by atoms with Crippen molar-refractivity contribution in [3.8, 4) is 0 Å². The average molecular weight is 291 g/mol. The van der Waals surface area contributed by atoms with Gasteiger partial charge in [0, 0.05) is 18.3 Å². The van der Waals surface area contributed by atoms with E-state index < -0.39 is 5.97 Å². The van der Waals surface area contributed by atoms with Crippen molar-refractivity contribution >= 4 is 23.8 Å². The Morgan fingerprint density at radius 1 is 1.19 bits per heavy atom. The van der Waals surface area contributed by atoms with Crippen LogP contribution in [0.4, 0.5) is 10.5 Å². The van der Waals surface area contributed by atoms with Crippen molar-refractivity contribution in [2.75, 3.05) is 25.0 Å². The summed E-state index contributed by atoms with van der Waals surface area (Å²) in [5.41, 5.74) is 1.42. The zero-order valence-corrected chi connectivity index (χ0v) is 12.1. The van der Waals surface area contributed by atoms with E-state index in [1.165, 1.54) is 6.08 Å². The van der Waals surface area contributed by atoms with Crippen LogP contribution in [0, 0.1) is 0 Å². The third-order valence-corrected chi connectivity index (χ3v) is 2.65. The van der Waals surface area contributed by atoms with Crippen molar-refractivity contribution in [2.24, 2.45) is 0 Å².